The summed E-state index contributed by atoms with van der Waals surface area (Å²) in [5, 5.41) is 10.5. The fourth-order valence-corrected chi connectivity index (χ4v) is 15.4. The molecule has 1 fully saturated rings. The molecular weight excluding hydrogens is 540 g/mol. The molecule has 1 saturated carbocycles. The van der Waals surface area contributed by atoms with E-state index in [4.69, 9.17) is 0 Å². The molecule has 206 valence electrons. The van der Waals surface area contributed by atoms with Gasteiger partial charge in [0, 0.05) is 0 Å². The maximum Gasteiger partial charge on any atom is 0.106 e. The maximum absolute atomic E-state index is 2.55. The van der Waals surface area contributed by atoms with Crippen molar-refractivity contribution >= 4 is 53.9 Å². The molecule has 0 nitrogen and oxygen atoms in total. The van der Waals surface area contributed by atoms with Gasteiger partial charge in [0.25, 0.3) is 0 Å². The predicted octanol–water partition coefficient (Wildman–Crippen LogP) is 9.16. The molecule has 0 saturated heterocycles. The molecule has 1 atom stereocenters. The summed E-state index contributed by atoms with van der Waals surface area (Å²) in [5.74, 6) is 0. The lowest BCUT2D eigenvalue weighted by atomic mass is 9.88. The van der Waals surface area contributed by atoms with Gasteiger partial charge in [0.2, 0.25) is 0 Å². The maximum atomic E-state index is 2.55. The van der Waals surface area contributed by atoms with Crippen LogP contribution < -0.4 is 15.7 Å². The van der Waals surface area contributed by atoms with Crippen molar-refractivity contribution in [3.63, 3.8) is 0 Å². The Labute approximate surface area is 252 Å². The summed E-state index contributed by atoms with van der Waals surface area (Å²) in [5.41, 5.74) is 6.87. The Bertz CT molecular complexity index is 1800. The highest BCUT2D eigenvalue weighted by atomic mass is 31.1. The molecule has 8 rings (SSSR count). The molecule has 0 bridgehead atoms. The van der Waals surface area contributed by atoms with Crippen molar-refractivity contribution in [2.75, 3.05) is 0 Å². The Hall–Kier alpha value is -3.51. The lowest BCUT2D eigenvalue weighted by Gasteiger charge is -2.33. The first-order valence-electron chi connectivity index (χ1n) is 15.8. The predicted molar refractivity (Wildman–Crippen MR) is 187 cm³/mol. The summed E-state index contributed by atoms with van der Waals surface area (Å²) in [6.07, 6.45) is 9.32. The fourth-order valence-electron chi connectivity index (χ4n) is 8.00. The average molecular weight is 577 g/mol. The minimum atomic E-state index is -1.39. The first-order valence-corrected chi connectivity index (χ1v) is 19.3. The molecule has 0 N–H and O–H groups in total. The summed E-state index contributed by atoms with van der Waals surface area (Å²) in [4.78, 5) is 0. The number of hydrogen-bond donors (Lipinski definition) is 0. The van der Waals surface area contributed by atoms with E-state index in [1.165, 1.54) is 75.9 Å². The first-order chi connectivity index (χ1) is 20.8. The van der Waals surface area contributed by atoms with Gasteiger partial charge in [0.15, 0.2) is 0 Å². The summed E-state index contributed by atoms with van der Waals surface area (Å²) < 4.78 is 0. The van der Waals surface area contributed by atoms with Crippen LogP contribution in [-0.2, 0) is 12.3 Å². The van der Waals surface area contributed by atoms with Crippen LogP contribution in [-0.4, -0.2) is 8.80 Å². The molecular formula is C40H37PSi. The Balaban J connectivity index is 1.33. The summed E-state index contributed by atoms with van der Waals surface area (Å²) in [6.45, 7) is 0. The zero-order valence-electron chi connectivity index (χ0n) is 24.2. The van der Waals surface area contributed by atoms with Gasteiger partial charge in [0.1, 0.15) is 8.80 Å². The zero-order valence-corrected chi connectivity index (χ0v) is 26.2. The molecule has 1 aliphatic carbocycles. The van der Waals surface area contributed by atoms with Crippen LogP contribution >= 0.6 is 7.92 Å². The zero-order chi connectivity index (χ0) is 27.9. The van der Waals surface area contributed by atoms with Crippen molar-refractivity contribution in [1.29, 1.82) is 0 Å². The molecule has 2 aliphatic rings. The van der Waals surface area contributed by atoms with Crippen molar-refractivity contribution < 1.29 is 0 Å². The van der Waals surface area contributed by atoms with E-state index in [1.807, 2.05) is 0 Å². The van der Waals surface area contributed by atoms with Crippen LogP contribution in [0.4, 0.5) is 0 Å². The topological polar surface area (TPSA) is 0 Å². The van der Waals surface area contributed by atoms with Crippen molar-refractivity contribution in [1.82, 2.24) is 0 Å². The van der Waals surface area contributed by atoms with E-state index in [0.717, 1.165) is 17.9 Å². The molecule has 42 heavy (non-hydrogen) atoms. The summed E-state index contributed by atoms with van der Waals surface area (Å²) >= 11 is 0. The minimum Gasteiger partial charge on any atom is -0.0664 e. The Morgan fingerprint density at radius 3 is 1.69 bits per heavy atom. The van der Waals surface area contributed by atoms with Crippen LogP contribution in [0, 0.1) is 0 Å². The monoisotopic (exact) mass is 576 g/mol. The molecule has 1 heterocycles. The van der Waals surface area contributed by atoms with E-state index < -0.39 is 16.7 Å². The van der Waals surface area contributed by atoms with Crippen molar-refractivity contribution in [2.45, 2.75) is 50.0 Å². The van der Waals surface area contributed by atoms with Gasteiger partial charge in [-0.1, -0.05) is 178 Å². The number of benzene rings is 6. The summed E-state index contributed by atoms with van der Waals surface area (Å²) in [7, 11) is -1.80. The van der Waals surface area contributed by atoms with Gasteiger partial charge in [-0.15, -0.1) is 0 Å². The van der Waals surface area contributed by atoms with E-state index in [9.17, 15) is 0 Å². The standard InChI is InChI=1S/C40H37PSi/c1-3-15-33(16-4-1)42(34-17-5-2-6-18-34)38-22-12-11-21-37(38)41-27-31-25-23-29-13-7-9-19-35(29)39(31)40-32(28-41)26-24-30-14-8-10-20-36(30)40/h1,3-4,7-16,19-26,34,42H,2,5-6,17-18,27-28H2/t42-/m1/s1. The minimum absolute atomic E-state index is 0.407. The highest BCUT2D eigenvalue weighted by molar-refractivity contribution is 7.64. The van der Waals surface area contributed by atoms with Crippen LogP contribution in [0.1, 0.15) is 43.2 Å². The van der Waals surface area contributed by atoms with Crippen LogP contribution in [0.3, 0.4) is 0 Å². The molecule has 2 heteroatoms. The fraction of sp³-hybridized carbons (Fsp3) is 0.200. The van der Waals surface area contributed by atoms with Gasteiger partial charge in [-0.05, 0) is 67.0 Å². The third kappa shape index (κ3) is 4.64. The number of rotatable bonds is 4. The quantitative estimate of drug-likeness (QED) is 0.145. The smallest absolute Gasteiger partial charge is 0.0664 e. The van der Waals surface area contributed by atoms with Crippen molar-refractivity contribution in [3.05, 3.63) is 139 Å². The van der Waals surface area contributed by atoms with E-state index in [1.54, 1.807) is 15.7 Å². The molecule has 6 aromatic carbocycles. The second-order valence-electron chi connectivity index (χ2n) is 12.3. The van der Waals surface area contributed by atoms with Gasteiger partial charge >= 0.3 is 0 Å². The Kier molecular flexibility index (Phi) is 7.03. The van der Waals surface area contributed by atoms with Crippen LogP contribution in [0.5, 0.6) is 0 Å². The summed E-state index contributed by atoms with van der Waals surface area (Å²) in [6, 6.07) is 49.1. The highest BCUT2D eigenvalue weighted by Crippen LogP contribution is 2.52. The first kappa shape index (κ1) is 26.1. The molecule has 0 amide bonds. The van der Waals surface area contributed by atoms with Gasteiger partial charge < -0.3 is 0 Å². The van der Waals surface area contributed by atoms with Crippen LogP contribution in [0.2, 0.25) is 5.54 Å². The van der Waals surface area contributed by atoms with E-state index in [-0.39, 0.29) is 0 Å². The molecule has 6 aromatic rings. The second kappa shape index (κ2) is 11.3. The highest BCUT2D eigenvalue weighted by Gasteiger charge is 2.33. The van der Waals surface area contributed by atoms with Gasteiger partial charge in [0.05, 0.1) is 0 Å². The molecule has 0 radical (unpaired) electrons. The largest absolute Gasteiger partial charge is 0.106 e. The third-order valence-corrected chi connectivity index (χ3v) is 16.6. The van der Waals surface area contributed by atoms with E-state index in [2.05, 4.69) is 127 Å². The third-order valence-electron chi connectivity index (χ3n) is 9.90. The normalized spacial score (nSPS) is 16.6. The second-order valence-corrected chi connectivity index (χ2v) is 17.7. The van der Waals surface area contributed by atoms with Crippen LogP contribution in [0.15, 0.2) is 127 Å². The van der Waals surface area contributed by atoms with E-state index in [0.29, 0.717) is 0 Å². The molecule has 0 aromatic heterocycles. The molecule has 1 aliphatic heterocycles. The number of hydrogen-bond acceptors (Lipinski definition) is 0. The van der Waals surface area contributed by atoms with Gasteiger partial charge in [-0.3, -0.25) is 0 Å². The Morgan fingerprint density at radius 2 is 1.05 bits per heavy atom. The van der Waals surface area contributed by atoms with Crippen molar-refractivity contribution in [3.8, 4) is 11.1 Å². The molecule has 0 spiro atoms. The lowest BCUT2D eigenvalue weighted by Crippen LogP contribution is -2.51. The van der Waals surface area contributed by atoms with Gasteiger partial charge in [-0.25, -0.2) is 0 Å². The van der Waals surface area contributed by atoms with Crippen LogP contribution in [0.25, 0.3) is 32.7 Å². The average Bonchev–Trinajstić information content (AvgIpc) is 3.23. The van der Waals surface area contributed by atoms with Gasteiger partial charge in [-0.2, -0.15) is 0 Å². The molecule has 0 unspecified atom stereocenters. The van der Waals surface area contributed by atoms with Crippen molar-refractivity contribution in [2.24, 2.45) is 0 Å². The number of fused-ring (bicyclic) bond motifs is 7. The SMILES string of the molecule is c1ccc([Si@@H](c2ccccc2P2Cc3ccc4ccccc4c3-c3c(ccc4ccccc34)C2)C2CCCCC2)cc1. The Morgan fingerprint density at radius 1 is 0.500 bits per heavy atom. The lowest BCUT2D eigenvalue weighted by molar-refractivity contribution is 0.499. The van der Waals surface area contributed by atoms with E-state index >= 15 is 0 Å².